The van der Waals surface area contributed by atoms with Gasteiger partial charge in [-0.05, 0) is 29.2 Å². The summed E-state index contributed by atoms with van der Waals surface area (Å²) in [6, 6.07) is 27.8. The van der Waals surface area contributed by atoms with Gasteiger partial charge in [-0.25, -0.2) is 0 Å². The first-order valence-electron chi connectivity index (χ1n) is 6.55. The monoisotopic (exact) mass is 292 g/mol. The van der Waals surface area contributed by atoms with Gasteiger partial charge >= 0.3 is 0 Å². The molecule has 0 atom stereocenters. The fraction of sp³-hybridized carbons (Fsp3) is 0.182. The second-order valence-electron chi connectivity index (χ2n) is 4.81. The minimum absolute atomic E-state index is 0. The van der Waals surface area contributed by atoms with E-state index < -0.39 is 0 Å². The molecule has 0 fully saturated rings. The van der Waals surface area contributed by atoms with Gasteiger partial charge in [0.1, 0.15) is 0 Å². The maximum absolute atomic E-state index is 2.22. The second-order valence-corrected chi connectivity index (χ2v) is 4.81. The van der Waals surface area contributed by atoms with Crippen molar-refractivity contribution in [3.05, 3.63) is 84.4 Å². The number of hydrogen-bond acceptors (Lipinski definition) is 0. The van der Waals surface area contributed by atoms with E-state index in [1.165, 1.54) is 27.8 Å². The van der Waals surface area contributed by atoms with E-state index in [2.05, 4.69) is 79.7 Å². The number of aryl methyl sites for hydroxylation is 1. The van der Waals surface area contributed by atoms with E-state index in [1.807, 2.05) is 6.07 Å². The van der Waals surface area contributed by atoms with Crippen molar-refractivity contribution < 1.29 is 0 Å². The molecule has 0 amide bonds. The molecule has 0 spiro atoms. The van der Waals surface area contributed by atoms with Crippen molar-refractivity contribution in [2.45, 2.75) is 29.2 Å². The Balaban J connectivity index is 0.00000147. The van der Waals surface area contributed by atoms with Crippen molar-refractivity contribution in [1.82, 2.24) is 0 Å². The van der Waals surface area contributed by atoms with Gasteiger partial charge in [-0.1, -0.05) is 107 Å². The largest absolute Gasteiger partial charge is 0.0776 e. The van der Waals surface area contributed by atoms with Crippen LogP contribution in [0.25, 0.3) is 22.3 Å². The van der Waals surface area contributed by atoms with Crippen molar-refractivity contribution in [3.63, 3.8) is 0 Å². The van der Waals surface area contributed by atoms with E-state index in [0.717, 1.165) is 0 Å². The molecule has 0 aliphatic carbocycles. The summed E-state index contributed by atoms with van der Waals surface area (Å²) in [5.41, 5.74) is 6.36. The molecule has 0 aliphatic heterocycles. The van der Waals surface area contributed by atoms with Crippen molar-refractivity contribution in [2.24, 2.45) is 0 Å². The molecule has 0 unspecified atom stereocenters. The van der Waals surface area contributed by atoms with Gasteiger partial charge in [0.2, 0.25) is 0 Å². The molecule has 0 saturated carbocycles. The van der Waals surface area contributed by atoms with Crippen LogP contribution in [-0.2, 0) is 0 Å². The summed E-state index contributed by atoms with van der Waals surface area (Å²) < 4.78 is 0. The maximum Gasteiger partial charge on any atom is -0.0181 e. The van der Waals surface area contributed by atoms with Crippen molar-refractivity contribution in [1.29, 1.82) is 0 Å². The highest BCUT2D eigenvalue weighted by atomic mass is 14.0. The highest BCUT2D eigenvalue weighted by Gasteiger charge is 1.99. The Kier molecular flexibility index (Phi) is 7.90. The van der Waals surface area contributed by atoms with E-state index in [4.69, 9.17) is 0 Å². The van der Waals surface area contributed by atoms with Crippen molar-refractivity contribution >= 4 is 0 Å². The van der Waals surface area contributed by atoms with Crippen molar-refractivity contribution in [3.8, 4) is 22.3 Å². The summed E-state index contributed by atoms with van der Waals surface area (Å²) in [7, 11) is 0. The molecule has 0 nitrogen and oxygen atoms in total. The van der Waals surface area contributed by atoms with Crippen LogP contribution in [0.4, 0.5) is 0 Å². The third-order valence-corrected chi connectivity index (χ3v) is 3.34. The SMILES string of the molecule is C.C.C.Cc1cccc(-c2ccc(-c3ccccc3)cc2)c1. The Bertz CT molecular complexity index is 664. The summed E-state index contributed by atoms with van der Waals surface area (Å²) >= 11 is 0. The van der Waals surface area contributed by atoms with Crippen LogP contribution < -0.4 is 0 Å². The lowest BCUT2D eigenvalue weighted by Gasteiger charge is -2.05. The molecule has 0 radical (unpaired) electrons. The summed E-state index contributed by atoms with van der Waals surface area (Å²) in [6.07, 6.45) is 0. The van der Waals surface area contributed by atoms with Crippen LogP contribution in [0.2, 0.25) is 0 Å². The van der Waals surface area contributed by atoms with Crippen LogP contribution >= 0.6 is 0 Å². The highest BCUT2D eigenvalue weighted by Crippen LogP contribution is 2.25. The Hall–Kier alpha value is -2.34. The molecule has 0 heterocycles. The Morgan fingerprint density at radius 1 is 0.455 bits per heavy atom. The highest BCUT2D eigenvalue weighted by molar-refractivity contribution is 5.70. The molecule has 0 heteroatoms. The van der Waals surface area contributed by atoms with Crippen LogP contribution in [0, 0.1) is 6.92 Å². The molecule has 0 aliphatic rings. The van der Waals surface area contributed by atoms with E-state index in [1.54, 1.807) is 0 Å². The quantitative estimate of drug-likeness (QED) is 0.467. The van der Waals surface area contributed by atoms with Crippen LogP contribution in [0.5, 0.6) is 0 Å². The lowest BCUT2D eigenvalue weighted by Crippen LogP contribution is -1.81. The second kappa shape index (κ2) is 8.84. The summed E-state index contributed by atoms with van der Waals surface area (Å²) in [5.74, 6) is 0. The topological polar surface area (TPSA) is 0 Å². The number of benzene rings is 3. The summed E-state index contributed by atoms with van der Waals surface area (Å²) in [4.78, 5) is 0. The molecule has 3 aromatic carbocycles. The third kappa shape index (κ3) is 4.33. The average Bonchev–Trinajstić information content (AvgIpc) is 2.48. The first-order chi connectivity index (χ1) is 9.33. The standard InChI is InChI=1S/C19H16.3CH4/c1-15-6-5-9-19(14-15)18-12-10-17(11-13-18)16-7-3-2-4-8-16;;;/h2-14H,1H3;3*1H4. The number of hydrogen-bond donors (Lipinski definition) is 0. The minimum Gasteiger partial charge on any atom is -0.0776 e. The number of rotatable bonds is 2. The van der Waals surface area contributed by atoms with E-state index in [0.29, 0.717) is 0 Å². The Morgan fingerprint density at radius 2 is 0.909 bits per heavy atom. The van der Waals surface area contributed by atoms with Crippen molar-refractivity contribution in [2.75, 3.05) is 0 Å². The van der Waals surface area contributed by atoms with E-state index >= 15 is 0 Å². The molecule has 0 aromatic heterocycles. The van der Waals surface area contributed by atoms with E-state index in [-0.39, 0.29) is 22.3 Å². The molecule has 3 rings (SSSR count). The fourth-order valence-corrected chi connectivity index (χ4v) is 2.31. The molecule has 0 N–H and O–H groups in total. The van der Waals surface area contributed by atoms with E-state index in [9.17, 15) is 0 Å². The average molecular weight is 292 g/mol. The molecule has 3 aromatic rings. The smallest absolute Gasteiger partial charge is 0.0181 e. The minimum atomic E-state index is 0. The van der Waals surface area contributed by atoms with Gasteiger partial charge in [0, 0.05) is 0 Å². The van der Waals surface area contributed by atoms with Gasteiger partial charge in [-0.15, -0.1) is 0 Å². The van der Waals surface area contributed by atoms with Crippen LogP contribution in [-0.4, -0.2) is 0 Å². The zero-order valence-corrected chi connectivity index (χ0v) is 11.0. The predicted octanol–water partition coefficient (Wildman–Crippen LogP) is 7.24. The third-order valence-electron chi connectivity index (χ3n) is 3.34. The first-order valence-corrected chi connectivity index (χ1v) is 6.55. The van der Waals surface area contributed by atoms with Crippen LogP contribution in [0.3, 0.4) is 0 Å². The molecule has 0 bridgehead atoms. The molecule has 22 heavy (non-hydrogen) atoms. The lowest BCUT2D eigenvalue weighted by molar-refractivity contribution is 1.47. The summed E-state index contributed by atoms with van der Waals surface area (Å²) in [6.45, 7) is 2.13. The first kappa shape index (κ1) is 19.7. The normalized spacial score (nSPS) is 8.95. The maximum atomic E-state index is 2.22. The van der Waals surface area contributed by atoms with Crippen LogP contribution in [0.1, 0.15) is 27.8 Å². The molecular weight excluding hydrogens is 264 g/mol. The fourth-order valence-electron chi connectivity index (χ4n) is 2.31. The van der Waals surface area contributed by atoms with Gasteiger partial charge in [0.25, 0.3) is 0 Å². The molecular formula is C22H28. The summed E-state index contributed by atoms with van der Waals surface area (Å²) in [5, 5.41) is 0. The Labute approximate surface area is 136 Å². The van der Waals surface area contributed by atoms with Gasteiger partial charge < -0.3 is 0 Å². The van der Waals surface area contributed by atoms with Gasteiger partial charge in [0.05, 0.1) is 0 Å². The molecule has 116 valence electrons. The van der Waals surface area contributed by atoms with Gasteiger partial charge in [-0.3, -0.25) is 0 Å². The lowest BCUT2D eigenvalue weighted by atomic mass is 9.99. The zero-order chi connectivity index (χ0) is 13.1. The Morgan fingerprint density at radius 3 is 1.45 bits per heavy atom. The van der Waals surface area contributed by atoms with Gasteiger partial charge in [0.15, 0.2) is 0 Å². The zero-order valence-electron chi connectivity index (χ0n) is 11.0. The predicted molar refractivity (Wildman–Crippen MR) is 102 cm³/mol. The van der Waals surface area contributed by atoms with Crippen LogP contribution in [0.15, 0.2) is 78.9 Å². The van der Waals surface area contributed by atoms with Gasteiger partial charge in [-0.2, -0.15) is 0 Å². The molecule has 0 saturated heterocycles.